The molecular formula is C76H149NO5. The summed E-state index contributed by atoms with van der Waals surface area (Å²) < 4.78 is 5.49. The zero-order valence-electron chi connectivity index (χ0n) is 56.0. The van der Waals surface area contributed by atoms with E-state index in [0.29, 0.717) is 25.9 Å². The zero-order valence-corrected chi connectivity index (χ0v) is 56.0. The van der Waals surface area contributed by atoms with Crippen molar-refractivity contribution in [2.45, 2.75) is 450 Å². The number of unbranched alkanes of at least 4 members (excludes halogenated alkanes) is 59. The van der Waals surface area contributed by atoms with Crippen LogP contribution in [-0.4, -0.2) is 47.4 Å². The molecule has 0 aromatic heterocycles. The van der Waals surface area contributed by atoms with Gasteiger partial charge in [0.25, 0.3) is 0 Å². The molecule has 0 aliphatic heterocycles. The van der Waals surface area contributed by atoms with E-state index in [2.05, 4.69) is 31.3 Å². The first-order valence-corrected chi connectivity index (χ1v) is 37.9. The van der Waals surface area contributed by atoms with Crippen LogP contribution < -0.4 is 5.32 Å². The molecule has 6 heteroatoms. The van der Waals surface area contributed by atoms with E-state index in [1.165, 1.54) is 360 Å². The van der Waals surface area contributed by atoms with Crippen molar-refractivity contribution in [1.82, 2.24) is 5.32 Å². The van der Waals surface area contributed by atoms with Crippen molar-refractivity contribution in [2.75, 3.05) is 13.2 Å². The zero-order chi connectivity index (χ0) is 59.2. The van der Waals surface area contributed by atoms with Crippen molar-refractivity contribution in [2.24, 2.45) is 0 Å². The highest BCUT2D eigenvalue weighted by Gasteiger charge is 2.20. The van der Waals surface area contributed by atoms with Crippen molar-refractivity contribution in [1.29, 1.82) is 0 Å². The average Bonchev–Trinajstić information content (AvgIpc) is 3.48. The summed E-state index contributed by atoms with van der Waals surface area (Å²) in [7, 11) is 0. The predicted octanol–water partition coefficient (Wildman–Crippen LogP) is 24.7. The van der Waals surface area contributed by atoms with Gasteiger partial charge < -0.3 is 20.3 Å². The van der Waals surface area contributed by atoms with Crippen LogP contribution in [0.5, 0.6) is 0 Å². The molecule has 488 valence electrons. The van der Waals surface area contributed by atoms with Crippen molar-refractivity contribution < 1.29 is 24.5 Å². The highest BCUT2D eigenvalue weighted by molar-refractivity contribution is 5.76. The number of carbonyl (C=O) groups excluding carboxylic acids is 2. The number of rotatable bonds is 72. The van der Waals surface area contributed by atoms with E-state index < -0.39 is 12.1 Å². The normalized spacial score (nSPS) is 12.5. The molecule has 0 aromatic carbocycles. The fourth-order valence-corrected chi connectivity index (χ4v) is 12.3. The molecule has 1 amide bonds. The summed E-state index contributed by atoms with van der Waals surface area (Å²) in [6.45, 7) is 4.99. The van der Waals surface area contributed by atoms with Crippen LogP contribution in [0, 0.1) is 0 Å². The standard InChI is InChI=1S/C76H149NO5/c1-3-5-7-9-11-13-15-17-19-20-21-35-38-41-44-48-52-56-60-64-68-74(79)73(72-78)77-75(80)69-65-61-57-53-49-45-42-39-36-33-31-29-27-25-23-22-24-26-28-30-32-34-37-40-43-47-51-55-59-63-67-71-82-76(81)70-66-62-58-54-50-46-18-16-14-12-10-8-6-4-2/h16,18,73-74,78-79H,3-15,17,19-72H2,1-2H3,(H,77,80)/b18-16-. The Hall–Kier alpha value is -1.40. The van der Waals surface area contributed by atoms with Gasteiger partial charge in [0.05, 0.1) is 25.4 Å². The molecule has 0 bridgehead atoms. The van der Waals surface area contributed by atoms with Gasteiger partial charge in [-0.25, -0.2) is 0 Å². The second-order valence-electron chi connectivity index (χ2n) is 26.3. The van der Waals surface area contributed by atoms with E-state index in [4.69, 9.17) is 4.74 Å². The Morgan fingerprint density at radius 2 is 0.573 bits per heavy atom. The van der Waals surface area contributed by atoms with Crippen LogP contribution >= 0.6 is 0 Å². The molecule has 0 saturated carbocycles. The first-order valence-electron chi connectivity index (χ1n) is 37.9. The van der Waals surface area contributed by atoms with E-state index in [1.807, 2.05) is 0 Å². The number of nitrogens with one attached hydrogen (secondary N) is 1. The lowest BCUT2D eigenvalue weighted by Crippen LogP contribution is -2.45. The summed E-state index contributed by atoms with van der Waals surface area (Å²) in [5.41, 5.74) is 0. The van der Waals surface area contributed by atoms with Gasteiger partial charge in [-0.2, -0.15) is 0 Å². The lowest BCUT2D eigenvalue weighted by atomic mass is 10.0. The van der Waals surface area contributed by atoms with Crippen molar-refractivity contribution in [3.05, 3.63) is 12.2 Å². The predicted molar refractivity (Wildman–Crippen MR) is 361 cm³/mol. The molecule has 0 heterocycles. The third-order valence-corrected chi connectivity index (χ3v) is 18.1. The van der Waals surface area contributed by atoms with Gasteiger partial charge in [0, 0.05) is 12.8 Å². The molecule has 2 unspecified atom stereocenters. The molecular weight excluding hydrogens is 1010 g/mol. The Bertz CT molecular complexity index is 1240. The van der Waals surface area contributed by atoms with Gasteiger partial charge in [0.1, 0.15) is 0 Å². The second kappa shape index (κ2) is 72.1. The minimum atomic E-state index is -0.662. The summed E-state index contributed by atoms with van der Waals surface area (Å²) in [5.74, 6) is -0.0123. The minimum absolute atomic E-state index is 0.0132. The third-order valence-electron chi connectivity index (χ3n) is 18.1. The van der Waals surface area contributed by atoms with Gasteiger partial charge >= 0.3 is 5.97 Å². The largest absolute Gasteiger partial charge is 0.466 e. The van der Waals surface area contributed by atoms with Gasteiger partial charge in [-0.1, -0.05) is 386 Å². The summed E-state index contributed by atoms with van der Waals surface area (Å²) in [5, 5.41) is 23.4. The molecule has 6 nitrogen and oxygen atoms in total. The highest BCUT2D eigenvalue weighted by atomic mass is 16.5. The first-order chi connectivity index (χ1) is 40.5. The van der Waals surface area contributed by atoms with E-state index in [9.17, 15) is 19.8 Å². The molecule has 0 radical (unpaired) electrons. The lowest BCUT2D eigenvalue weighted by Gasteiger charge is -2.22. The number of ether oxygens (including phenoxy) is 1. The maximum atomic E-state index is 12.6. The number of esters is 1. The lowest BCUT2D eigenvalue weighted by molar-refractivity contribution is -0.143. The fourth-order valence-electron chi connectivity index (χ4n) is 12.3. The SMILES string of the molecule is CCCCCCC/C=C\CCCCCCCC(=O)OCCCCCCCCCCCCCCCCCCCCCCCCCCCCCCCCCC(=O)NC(CO)C(O)CCCCCCCCCCCCCCCCCCCCCC. The quantitative estimate of drug-likeness (QED) is 0.0320. The molecule has 82 heavy (non-hydrogen) atoms. The van der Waals surface area contributed by atoms with E-state index in [-0.39, 0.29) is 18.5 Å². The number of aliphatic hydroxyl groups is 2. The maximum Gasteiger partial charge on any atom is 0.305 e. The van der Waals surface area contributed by atoms with Crippen molar-refractivity contribution >= 4 is 11.9 Å². The minimum Gasteiger partial charge on any atom is -0.466 e. The Labute approximate surface area is 514 Å². The van der Waals surface area contributed by atoms with Gasteiger partial charge in [0.2, 0.25) is 5.91 Å². The fraction of sp³-hybridized carbons (Fsp3) is 0.947. The number of hydrogen-bond donors (Lipinski definition) is 3. The molecule has 0 fully saturated rings. The third kappa shape index (κ3) is 67.7. The summed E-state index contributed by atoms with van der Waals surface area (Å²) in [6.07, 6.45) is 90.0. The topological polar surface area (TPSA) is 95.9 Å². The Morgan fingerprint density at radius 1 is 0.329 bits per heavy atom. The number of allylic oxidation sites excluding steroid dienone is 2. The van der Waals surface area contributed by atoms with Crippen LogP contribution in [0.2, 0.25) is 0 Å². The van der Waals surface area contributed by atoms with E-state index >= 15 is 0 Å². The first kappa shape index (κ1) is 80.6. The maximum absolute atomic E-state index is 12.6. The van der Waals surface area contributed by atoms with Crippen LogP contribution in [-0.2, 0) is 14.3 Å². The second-order valence-corrected chi connectivity index (χ2v) is 26.3. The number of aliphatic hydroxyl groups excluding tert-OH is 2. The Kier molecular flexibility index (Phi) is 70.8. The van der Waals surface area contributed by atoms with Crippen molar-refractivity contribution in [3.63, 3.8) is 0 Å². The molecule has 2 atom stereocenters. The molecule has 0 aromatic rings. The monoisotopic (exact) mass is 1160 g/mol. The Morgan fingerprint density at radius 3 is 0.866 bits per heavy atom. The van der Waals surface area contributed by atoms with E-state index in [0.717, 1.165) is 44.9 Å². The number of amides is 1. The Balaban J connectivity index is 3.33. The molecule has 0 aliphatic rings. The van der Waals surface area contributed by atoms with Gasteiger partial charge in [-0.15, -0.1) is 0 Å². The summed E-state index contributed by atoms with van der Waals surface area (Å²) in [6, 6.07) is -0.538. The van der Waals surface area contributed by atoms with Gasteiger partial charge in [-0.3, -0.25) is 9.59 Å². The molecule has 0 spiro atoms. The highest BCUT2D eigenvalue weighted by Crippen LogP contribution is 2.20. The average molecular weight is 1160 g/mol. The van der Waals surface area contributed by atoms with Crippen LogP contribution in [0.15, 0.2) is 12.2 Å². The van der Waals surface area contributed by atoms with Crippen LogP contribution in [0.1, 0.15) is 438 Å². The van der Waals surface area contributed by atoms with Crippen LogP contribution in [0.4, 0.5) is 0 Å². The van der Waals surface area contributed by atoms with E-state index in [1.54, 1.807) is 0 Å². The molecule has 0 saturated heterocycles. The van der Waals surface area contributed by atoms with Crippen molar-refractivity contribution in [3.8, 4) is 0 Å². The molecule has 0 aliphatic carbocycles. The van der Waals surface area contributed by atoms with Gasteiger partial charge in [0.15, 0.2) is 0 Å². The molecule has 3 N–H and O–H groups in total. The molecule has 0 rings (SSSR count). The summed E-state index contributed by atoms with van der Waals surface area (Å²) in [4.78, 5) is 24.6. The number of hydrogen-bond acceptors (Lipinski definition) is 5. The number of carbonyl (C=O) groups is 2. The van der Waals surface area contributed by atoms with Gasteiger partial charge in [-0.05, 0) is 51.4 Å². The van der Waals surface area contributed by atoms with Crippen LogP contribution in [0.25, 0.3) is 0 Å². The van der Waals surface area contributed by atoms with Crippen LogP contribution in [0.3, 0.4) is 0 Å². The summed E-state index contributed by atoms with van der Waals surface area (Å²) >= 11 is 0. The smallest absolute Gasteiger partial charge is 0.305 e.